The molecular formula is C21H25NO2. The average molecular weight is 323 g/mol. The Morgan fingerprint density at radius 2 is 1.58 bits per heavy atom. The SMILES string of the molecule is COc1ccccc1C1(C)CC(C)(C)N(C(C)=O)c2ccccc21. The van der Waals surface area contributed by atoms with Crippen LogP contribution >= 0.6 is 0 Å². The number of para-hydroxylation sites is 2. The molecule has 2 aromatic carbocycles. The molecular weight excluding hydrogens is 298 g/mol. The summed E-state index contributed by atoms with van der Waals surface area (Å²) in [4.78, 5) is 14.3. The van der Waals surface area contributed by atoms with Crippen LogP contribution in [0.5, 0.6) is 5.75 Å². The average Bonchev–Trinajstić information content (AvgIpc) is 2.53. The summed E-state index contributed by atoms with van der Waals surface area (Å²) in [5.74, 6) is 0.969. The van der Waals surface area contributed by atoms with Crippen molar-refractivity contribution < 1.29 is 9.53 Å². The monoisotopic (exact) mass is 323 g/mol. The van der Waals surface area contributed by atoms with Crippen molar-refractivity contribution in [1.29, 1.82) is 0 Å². The first-order valence-electron chi connectivity index (χ1n) is 8.35. The second-order valence-electron chi connectivity index (χ2n) is 7.39. The van der Waals surface area contributed by atoms with Crippen molar-refractivity contribution in [2.24, 2.45) is 0 Å². The Kier molecular flexibility index (Phi) is 3.90. The highest BCUT2D eigenvalue weighted by atomic mass is 16.5. The number of fused-ring (bicyclic) bond motifs is 1. The zero-order valence-corrected chi connectivity index (χ0v) is 15.1. The van der Waals surface area contributed by atoms with Crippen molar-refractivity contribution in [2.75, 3.05) is 12.0 Å². The van der Waals surface area contributed by atoms with Crippen LogP contribution in [0.1, 0.15) is 45.2 Å². The predicted octanol–water partition coefficient (Wildman–Crippen LogP) is 4.54. The summed E-state index contributed by atoms with van der Waals surface area (Å²) >= 11 is 0. The molecule has 0 aliphatic carbocycles. The Morgan fingerprint density at radius 3 is 2.21 bits per heavy atom. The lowest BCUT2D eigenvalue weighted by molar-refractivity contribution is -0.117. The number of nitrogens with zero attached hydrogens (tertiary/aromatic N) is 1. The molecule has 1 aliphatic heterocycles. The number of benzene rings is 2. The van der Waals surface area contributed by atoms with E-state index in [0.29, 0.717) is 0 Å². The zero-order valence-electron chi connectivity index (χ0n) is 15.1. The van der Waals surface area contributed by atoms with Gasteiger partial charge in [-0.25, -0.2) is 0 Å². The first-order valence-corrected chi connectivity index (χ1v) is 8.35. The van der Waals surface area contributed by atoms with Gasteiger partial charge in [0.1, 0.15) is 5.75 Å². The number of rotatable bonds is 2. The number of carbonyl (C=O) groups excluding carboxylic acids is 1. The van der Waals surface area contributed by atoms with Crippen molar-refractivity contribution in [2.45, 2.75) is 45.1 Å². The summed E-state index contributed by atoms with van der Waals surface area (Å²) < 4.78 is 5.64. The first kappa shape index (κ1) is 16.6. The van der Waals surface area contributed by atoms with E-state index in [0.717, 1.165) is 23.4 Å². The topological polar surface area (TPSA) is 29.5 Å². The second kappa shape index (κ2) is 5.66. The molecule has 0 saturated carbocycles. The number of ether oxygens (including phenoxy) is 1. The van der Waals surface area contributed by atoms with Crippen molar-refractivity contribution >= 4 is 11.6 Å². The lowest BCUT2D eigenvalue weighted by atomic mass is 9.65. The fraction of sp³-hybridized carbons (Fsp3) is 0.381. The van der Waals surface area contributed by atoms with Crippen LogP contribution < -0.4 is 9.64 Å². The van der Waals surface area contributed by atoms with Crippen molar-refractivity contribution in [3.05, 3.63) is 59.7 Å². The molecule has 0 fully saturated rings. The molecule has 1 aliphatic rings. The maximum Gasteiger partial charge on any atom is 0.224 e. The van der Waals surface area contributed by atoms with Gasteiger partial charge in [0.05, 0.1) is 7.11 Å². The lowest BCUT2D eigenvalue weighted by Gasteiger charge is -2.51. The molecule has 24 heavy (non-hydrogen) atoms. The van der Waals surface area contributed by atoms with Crippen molar-refractivity contribution in [1.82, 2.24) is 0 Å². The van der Waals surface area contributed by atoms with E-state index in [4.69, 9.17) is 4.74 Å². The summed E-state index contributed by atoms with van der Waals surface area (Å²) in [7, 11) is 1.71. The first-order chi connectivity index (χ1) is 11.3. The van der Waals surface area contributed by atoms with E-state index in [1.54, 1.807) is 14.0 Å². The molecule has 3 rings (SSSR count). The summed E-state index contributed by atoms with van der Waals surface area (Å²) in [6.07, 6.45) is 0.830. The van der Waals surface area contributed by atoms with Gasteiger partial charge in [0, 0.05) is 29.1 Å². The van der Waals surface area contributed by atoms with E-state index in [1.807, 2.05) is 35.2 Å². The van der Waals surface area contributed by atoms with E-state index < -0.39 is 0 Å². The van der Waals surface area contributed by atoms with Crippen LogP contribution in [0.25, 0.3) is 0 Å². The summed E-state index contributed by atoms with van der Waals surface area (Å²) in [5.41, 5.74) is 2.82. The minimum Gasteiger partial charge on any atom is -0.496 e. The highest BCUT2D eigenvalue weighted by Crippen LogP contribution is 2.52. The zero-order chi connectivity index (χ0) is 17.5. The molecule has 0 aromatic heterocycles. The Hall–Kier alpha value is -2.29. The maximum absolute atomic E-state index is 12.3. The summed E-state index contributed by atoms with van der Waals surface area (Å²) in [6.45, 7) is 8.17. The lowest BCUT2D eigenvalue weighted by Crippen LogP contribution is -2.55. The fourth-order valence-electron chi connectivity index (χ4n) is 4.44. The van der Waals surface area contributed by atoms with Crippen LogP contribution in [0.3, 0.4) is 0 Å². The molecule has 126 valence electrons. The van der Waals surface area contributed by atoms with Gasteiger partial charge in [-0.1, -0.05) is 43.3 Å². The number of hydrogen-bond donors (Lipinski definition) is 0. The van der Waals surface area contributed by atoms with E-state index in [9.17, 15) is 4.79 Å². The maximum atomic E-state index is 12.3. The largest absolute Gasteiger partial charge is 0.496 e. The molecule has 1 atom stereocenters. The van der Waals surface area contributed by atoms with Crippen LogP contribution in [0.4, 0.5) is 5.69 Å². The van der Waals surface area contributed by atoms with Crippen LogP contribution in [-0.2, 0) is 10.2 Å². The van der Waals surface area contributed by atoms with Gasteiger partial charge in [-0.3, -0.25) is 4.79 Å². The van der Waals surface area contributed by atoms with Gasteiger partial charge in [0.15, 0.2) is 0 Å². The molecule has 1 unspecified atom stereocenters. The molecule has 0 bridgehead atoms. The van der Waals surface area contributed by atoms with Crippen molar-refractivity contribution in [3.63, 3.8) is 0 Å². The number of amides is 1. The Bertz CT molecular complexity index is 781. The summed E-state index contributed by atoms with van der Waals surface area (Å²) in [6, 6.07) is 16.4. The van der Waals surface area contributed by atoms with Crippen molar-refractivity contribution in [3.8, 4) is 5.75 Å². The number of hydrogen-bond acceptors (Lipinski definition) is 2. The van der Waals surface area contributed by atoms with Crippen LogP contribution in [0.15, 0.2) is 48.5 Å². The highest BCUT2D eigenvalue weighted by molar-refractivity contribution is 5.95. The molecule has 0 spiro atoms. The van der Waals surface area contributed by atoms with E-state index in [-0.39, 0.29) is 16.9 Å². The molecule has 3 heteroatoms. The van der Waals surface area contributed by atoms with Gasteiger partial charge in [-0.2, -0.15) is 0 Å². The molecule has 0 N–H and O–H groups in total. The van der Waals surface area contributed by atoms with E-state index in [2.05, 4.69) is 39.0 Å². The molecule has 1 amide bonds. The van der Waals surface area contributed by atoms with Gasteiger partial charge < -0.3 is 9.64 Å². The molecule has 3 nitrogen and oxygen atoms in total. The van der Waals surface area contributed by atoms with Gasteiger partial charge in [0.25, 0.3) is 0 Å². The predicted molar refractivity (Wildman–Crippen MR) is 97.7 cm³/mol. The number of methoxy groups -OCH3 is 1. The van der Waals surface area contributed by atoms with Crippen LogP contribution in [0.2, 0.25) is 0 Å². The summed E-state index contributed by atoms with van der Waals surface area (Å²) in [5, 5.41) is 0. The minimum atomic E-state index is -0.282. The van der Waals surface area contributed by atoms with Gasteiger partial charge in [0.2, 0.25) is 5.91 Å². The third-order valence-electron chi connectivity index (χ3n) is 5.15. The molecule has 1 heterocycles. The van der Waals surface area contributed by atoms with Gasteiger partial charge >= 0.3 is 0 Å². The number of anilines is 1. The Balaban J connectivity index is 2.29. The Labute approximate surface area is 144 Å². The second-order valence-corrected chi connectivity index (χ2v) is 7.39. The normalized spacial score (nSPS) is 22.0. The van der Waals surface area contributed by atoms with Gasteiger partial charge in [-0.05, 0) is 38.0 Å². The standard InChI is InChI=1S/C21H25NO2/c1-15(23)22-18-12-8-6-10-16(18)21(4,14-20(22,2)3)17-11-7-9-13-19(17)24-5/h6-13H,14H2,1-5H3. The van der Waals surface area contributed by atoms with Crippen LogP contribution in [-0.4, -0.2) is 18.6 Å². The third-order valence-corrected chi connectivity index (χ3v) is 5.15. The van der Waals surface area contributed by atoms with E-state index in [1.165, 1.54) is 5.56 Å². The quantitative estimate of drug-likeness (QED) is 0.812. The highest BCUT2D eigenvalue weighted by Gasteiger charge is 2.47. The van der Waals surface area contributed by atoms with E-state index >= 15 is 0 Å². The Morgan fingerprint density at radius 1 is 1.00 bits per heavy atom. The fourth-order valence-corrected chi connectivity index (χ4v) is 4.44. The molecule has 0 radical (unpaired) electrons. The van der Waals surface area contributed by atoms with Gasteiger partial charge in [-0.15, -0.1) is 0 Å². The minimum absolute atomic E-state index is 0.0783. The smallest absolute Gasteiger partial charge is 0.224 e. The third kappa shape index (κ3) is 2.39. The van der Waals surface area contributed by atoms with Crippen LogP contribution in [0, 0.1) is 0 Å². The molecule has 2 aromatic rings. The number of carbonyl (C=O) groups is 1. The molecule has 0 saturated heterocycles.